The second-order valence-electron chi connectivity index (χ2n) is 9.86. The van der Waals surface area contributed by atoms with Gasteiger partial charge in [-0.2, -0.15) is 0 Å². The fourth-order valence-electron chi connectivity index (χ4n) is 5.99. The van der Waals surface area contributed by atoms with Crippen molar-refractivity contribution in [1.82, 2.24) is 10.2 Å². The predicted octanol–water partition coefficient (Wildman–Crippen LogP) is 5.06. The number of likely N-dealkylation sites (tertiary alicyclic amines) is 1. The summed E-state index contributed by atoms with van der Waals surface area (Å²) in [5.41, 5.74) is 3.59. The maximum Gasteiger partial charge on any atom is 0.251 e. The van der Waals surface area contributed by atoms with Gasteiger partial charge in [-0.25, -0.2) is 0 Å². The minimum Gasteiger partial charge on any atom is -0.349 e. The van der Waals surface area contributed by atoms with Crippen LogP contribution in [0.5, 0.6) is 0 Å². The van der Waals surface area contributed by atoms with Crippen LogP contribution < -0.4 is 5.32 Å². The Labute approximate surface area is 180 Å². The van der Waals surface area contributed by atoms with E-state index in [4.69, 9.17) is 0 Å². The van der Waals surface area contributed by atoms with Gasteiger partial charge in [-0.15, -0.1) is 0 Å². The average molecular weight is 403 g/mol. The molecule has 158 valence electrons. The molecule has 0 radical (unpaired) electrons. The van der Waals surface area contributed by atoms with E-state index in [0.29, 0.717) is 6.04 Å². The van der Waals surface area contributed by atoms with Gasteiger partial charge in [-0.3, -0.25) is 9.69 Å². The highest BCUT2D eigenvalue weighted by Crippen LogP contribution is 2.44. The largest absolute Gasteiger partial charge is 0.349 e. The molecule has 5 rings (SSSR count). The molecule has 3 heteroatoms. The van der Waals surface area contributed by atoms with E-state index < -0.39 is 0 Å². The van der Waals surface area contributed by atoms with Gasteiger partial charge in [0, 0.05) is 18.2 Å². The van der Waals surface area contributed by atoms with Crippen LogP contribution in [-0.2, 0) is 13.0 Å². The lowest BCUT2D eigenvalue weighted by molar-refractivity contribution is 0.0923. The van der Waals surface area contributed by atoms with Gasteiger partial charge in [0.2, 0.25) is 0 Å². The van der Waals surface area contributed by atoms with Crippen LogP contribution in [-0.4, -0.2) is 29.9 Å². The Balaban J connectivity index is 1.08. The van der Waals surface area contributed by atoms with Gasteiger partial charge in [0.05, 0.1) is 0 Å². The molecule has 0 unspecified atom stereocenters. The average Bonchev–Trinajstić information content (AvgIpc) is 3.40. The molecular weight excluding hydrogens is 368 g/mol. The van der Waals surface area contributed by atoms with Crippen molar-refractivity contribution in [2.75, 3.05) is 13.1 Å². The summed E-state index contributed by atoms with van der Waals surface area (Å²) in [6.07, 6.45) is 8.95. The van der Waals surface area contributed by atoms with E-state index in [2.05, 4.69) is 52.7 Å². The van der Waals surface area contributed by atoms with Crippen molar-refractivity contribution in [2.24, 2.45) is 17.8 Å². The van der Waals surface area contributed by atoms with Gasteiger partial charge in [-0.1, -0.05) is 48.9 Å². The van der Waals surface area contributed by atoms with Crippen LogP contribution in [0.15, 0.2) is 54.6 Å². The summed E-state index contributed by atoms with van der Waals surface area (Å²) < 4.78 is 0. The number of amides is 1. The van der Waals surface area contributed by atoms with Crippen LogP contribution in [0.2, 0.25) is 0 Å². The number of rotatable bonds is 6. The summed E-state index contributed by atoms with van der Waals surface area (Å²) >= 11 is 0. The van der Waals surface area contributed by atoms with Crippen molar-refractivity contribution in [1.29, 1.82) is 0 Å². The Bertz CT molecular complexity index is 839. The van der Waals surface area contributed by atoms with Crippen molar-refractivity contribution >= 4 is 5.91 Å². The predicted molar refractivity (Wildman–Crippen MR) is 121 cm³/mol. The van der Waals surface area contributed by atoms with Gasteiger partial charge in [0.15, 0.2) is 0 Å². The van der Waals surface area contributed by atoms with Gasteiger partial charge < -0.3 is 5.32 Å². The Morgan fingerprint density at radius 2 is 1.63 bits per heavy atom. The first-order valence-electron chi connectivity index (χ1n) is 11.9. The molecule has 2 bridgehead atoms. The standard InChI is InChI=1S/C27H34N2O/c30-27(28-26-18-23-8-11-25(26)17-23)24-9-6-22(7-10-24)19-29-14-12-21(13-15-29)16-20-4-2-1-3-5-20/h1-7,9-10,21,23,25-26H,8,11-19H2,(H,28,30)/t23-,25+,26+/m0/s1. The third-order valence-electron chi connectivity index (χ3n) is 7.75. The minimum absolute atomic E-state index is 0.112. The zero-order valence-corrected chi connectivity index (χ0v) is 17.9. The van der Waals surface area contributed by atoms with Crippen molar-refractivity contribution in [3.05, 3.63) is 71.3 Å². The molecule has 1 amide bonds. The zero-order chi connectivity index (χ0) is 20.3. The molecule has 3 atom stereocenters. The van der Waals surface area contributed by atoms with Gasteiger partial charge in [0.25, 0.3) is 5.91 Å². The number of nitrogens with zero attached hydrogens (tertiary/aromatic N) is 1. The molecule has 30 heavy (non-hydrogen) atoms. The SMILES string of the molecule is O=C(N[C@@H]1C[C@H]2CC[C@@H]1C2)c1ccc(CN2CCC(Cc3ccccc3)CC2)cc1. The monoisotopic (exact) mass is 402 g/mol. The molecular formula is C27H34N2O. The van der Waals surface area contributed by atoms with Crippen molar-refractivity contribution in [2.45, 2.75) is 57.5 Å². The lowest BCUT2D eigenvalue weighted by Crippen LogP contribution is -2.38. The molecule has 2 saturated carbocycles. The van der Waals surface area contributed by atoms with Gasteiger partial charge in [0.1, 0.15) is 0 Å². The Kier molecular flexibility index (Phi) is 5.90. The lowest BCUT2D eigenvalue weighted by Gasteiger charge is -2.32. The molecule has 2 aliphatic carbocycles. The van der Waals surface area contributed by atoms with Crippen LogP contribution in [0.25, 0.3) is 0 Å². The minimum atomic E-state index is 0.112. The molecule has 3 fully saturated rings. The number of benzene rings is 2. The summed E-state index contributed by atoms with van der Waals surface area (Å²) in [5, 5.41) is 3.30. The molecule has 3 aliphatic rings. The molecule has 0 aromatic heterocycles. The molecule has 1 heterocycles. The first kappa shape index (κ1) is 19.8. The number of hydrogen-bond acceptors (Lipinski definition) is 2. The van der Waals surface area contributed by atoms with E-state index >= 15 is 0 Å². The Morgan fingerprint density at radius 1 is 0.867 bits per heavy atom. The summed E-state index contributed by atoms with van der Waals surface area (Å²) in [5.74, 6) is 2.50. The van der Waals surface area contributed by atoms with Crippen LogP contribution in [0.3, 0.4) is 0 Å². The molecule has 3 nitrogen and oxygen atoms in total. The van der Waals surface area contributed by atoms with Gasteiger partial charge in [-0.05, 0) is 92.6 Å². The topological polar surface area (TPSA) is 32.3 Å². The first-order chi connectivity index (χ1) is 14.7. The third-order valence-corrected chi connectivity index (χ3v) is 7.75. The van der Waals surface area contributed by atoms with E-state index in [0.717, 1.165) is 29.9 Å². The summed E-state index contributed by atoms with van der Waals surface area (Å²) in [6.45, 7) is 3.33. The van der Waals surface area contributed by atoms with Crippen LogP contribution in [0.1, 0.15) is 60.0 Å². The number of carbonyl (C=O) groups excluding carboxylic acids is 1. The van der Waals surface area contributed by atoms with Crippen LogP contribution in [0, 0.1) is 17.8 Å². The number of fused-ring (bicyclic) bond motifs is 2. The maximum atomic E-state index is 12.6. The smallest absolute Gasteiger partial charge is 0.251 e. The quantitative estimate of drug-likeness (QED) is 0.732. The van der Waals surface area contributed by atoms with Crippen LogP contribution >= 0.6 is 0 Å². The number of carbonyl (C=O) groups is 1. The molecule has 2 aromatic carbocycles. The Morgan fingerprint density at radius 3 is 2.30 bits per heavy atom. The van der Waals surface area contributed by atoms with E-state index in [1.54, 1.807) is 0 Å². The van der Waals surface area contributed by atoms with Crippen molar-refractivity contribution < 1.29 is 4.79 Å². The molecule has 1 aliphatic heterocycles. The van der Waals surface area contributed by atoms with E-state index in [9.17, 15) is 4.79 Å². The van der Waals surface area contributed by atoms with E-state index in [1.165, 1.54) is 69.2 Å². The first-order valence-corrected chi connectivity index (χ1v) is 11.9. The maximum absolute atomic E-state index is 12.6. The van der Waals surface area contributed by atoms with E-state index in [1.807, 2.05) is 12.1 Å². The Hall–Kier alpha value is -2.13. The van der Waals surface area contributed by atoms with E-state index in [-0.39, 0.29) is 5.91 Å². The second kappa shape index (κ2) is 8.93. The highest BCUT2D eigenvalue weighted by molar-refractivity contribution is 5.94. The molecule has 1 saturated heterocycles. The fourth-order valence-corrected chi connectivity index (χ4v) is 5.99. The number of hydrogen-bond donors (Lipinski definition) is 1. The number of nitrogens with one attached hydrogen (secondary N) is 1. The summed E-state index contributed by atoms with van der Waals surface area (Å²) in [6, 6.07) is 19.6. The normalized spacial score (nSPS) is 26.7. The molecule has 1 N–H and O–H groups in total. The fraction of sp³-hybridized carbons (Fsp3) is 0.519. The number of piperidine rings is 1. The molecule has 2 aromatic rings. The summed E-state index contributed by atoms with van der Waals surface area (Å²) in [4.78, 5) is 15.2. The third kappa shape index (κ3) is 4.62. The molecule has 0 spiro atoms. The second-order valence-corrected chi connectivity index (χ2v) is 9.86. The highest BCUT2D eigenvalue weighted by Gasteiger charge is 2.40. The highest BCUT2D eigenvalue weighted by atomic mass is 16.1. The van der Waals surface area contributed by atoms with Crippen LogP contribution in [0.4, 0.5) is 0 Å². The lowest BCUT2D eigenvalue weighted by atomic mass is 9.90. The van der Waals surface area contributed by atoms with Crippen molar-refractivity contribution in [3.8, 4) is 0 Å². The zero-order valence-electron chi connectivity index (χ0n) is 17.9. The van der Waals surface area contributed by atoms with Gasteiger partial charge >= 0.3 is 0 Å². The summed E-state index contributed by atoms with van der Waals surface area (Å²) in [7, 11) is 0. The van der Waals surface area contributed by atoms with Crippen molar-refractivity contribution in [3.63, 3.8) is 0 Å².